The van der Waals surface area contributed by atoms with Gasteiger partial charge < -0.3 is 5.32 Å². The molecule has 0 aromatic heterocycles. The third-order valence-corrected chi connectivity index (χ3v) is 6.87. The molecule has 0 bridgehead atoms. The molecular formula is C20H27N3O5S. The van der Waals surface area contributed by atoms with Gasteiger partial charge in [0, 0.05) is 31.7 Å². The highest BCUT2D eigenvalue weighted by Crippen LogP contribution is 2.25. The summed E-state index contributed by atoms with van der Waals surface area (Å²) >= 11 is 0. The number of nitrogens with zero attached hydrogens (tertiary/aromatic N) is 2. The Bertz CT molecular complexity index is 920. The molecule has 1 N–H and O–H groups in total. The van der Waals surface area contributed by atoms with Gasteiger partial charge in [-0.25, -0.2) is 12.7 Å². The monoisotopic (exact) mass is 421 g/mol. The van der Waals surface area contributed by atoms with Crippen molar-refractivity contribution < 1.29 is 22.8 Å². The Labute approximate surface area is 171 Å². The molecule has 8 nitrogen and oxygen atoms in total. The zero-order valence-corrected chi connectivity index (χ0v) is 17.6. The molecule has 9 heteroatoms. The van der Waals surface area contributed by atoms with E-state index in [9.17, 15) is 22.8 Å². The second-order valence-corrected chi connectivity index (χ2v) is 9.67. The fourth-order valence-corrected chi connectivity index (χ4v) is 4.61. The molecule has 0 aliphatic carbocycles. The highest BCUT2D eigenvalue weighted by atomic mass is 32.2. The molecule has 0 radical (unpaired) electrons. The fourth-order valence-electron chi connectivity index (χ4n) is 3.74. The van der Waals surface area contributed by atoms with Crippen molar-refractivity contribution in [1.82, 2.24) is 14.5 Å². The number of carbonyl (C=O) groups excluding carboxylic acids is 3. The van der Waals surface area contributed by atoms with E-state index in [1.165, 1.54) is 21.5 Å². The summed E-state index contributed by atoms with van der Waals surface area (Å²) in [6.07, 6.45) is 4.22. The van der Waals surface area contributed by atoms with Crippen LogP contribution in [0.1, 0.15) is 63.7 Å². The van der Waals surface area contributed by atoms with Crippen LogP contribution >= 0.6 is 0 Å². The fraction of sp³-hybridized carbons (Fsp3) is 0.550. The lowest BCUT2D eigenvalue weighted by atomic mass is 9.98. The van der Waals surface area contributed by atoms with Crippen molar-refractivity contribution in [2.45, 2.75) is 32.6 Å². The molecule has 158 valence electrons. The second kappa shape index (κ2) is 8.62. The number of rotatable bonds is 7. The van der Waals surface area contributed by atoms with Gasteiger partial charge >= 0.3 is 0 Å². The Kier molecular flexibility index (Phi) is 6.38. The largest absolute Gasteiger partial charge is 0.352 e. The molecule has 2 aliphatic heterocycles. The van der Waals surface area contributed by atoms with E-state index in [1.807, 2.05) is 6.92 Å². The molecule has 1 aromatic rings. The van der Waals surface area contributed by atoms with Crippen LogP contribution < -0.4 is 5.32 Å². The predicted octanol–water partition coefficient (Wildman–Crippen LogP) is 1.48. The summed E-state index contributed by atoms with van der Waals surface area (Å²) in [6.45, 7) is 3.75. The molecule has 1 fully saturated rings. The third kappa shape index (κ3) is 4.67. The van der Waals surface area contributed by atoms with E-state index in [4.69, 9.17) is 0 Å². The van der Waals surface area contributed by atoms with Crippen LogP contribution in [-0.2, 0) is 10.0 Å². The van der Waals surface area contributed by atoms with Crippen molar-refractivity contribution in [3.8, 4) is 0 Å². The van der Waals surface area contributed by atoms with Crippen LogP contribution in [0, 0.1) is 5.92 Å². The van der Waals surface area contributed by atoms with Gasteiger partial charge in [0.2, 0.25) is 10.0 Å². The van der Waals surface area contributed by atoms with Gasteiger partial charge in [0.15, 0.2) is 0 Å². The summed E-state index contributed by atoms with van der Waals surface area (Å²) < 4.78 is 24.6. The second-order valence-electron chi connectivity index (χ2n) is 7.69. The van der Waals surface area contributed by atoms with Crippen molar-refractivity contribution in [3.63, 3.8) is 0 Å². The molecule has 3 rings (SSSR count). The number of imide groups is 1. The summed E-state index contributed by atoms with van der Waals surface area (Å²) in [5, 5.41) is 2.87. The molecular weight excluding hydrogens is 394 g/mol. The van der Waals surface area contributed by atoms with Gasteiger partial charge in [-0.3, -0.25) is 19.3 Å². The van der Waals surface area contributed by atoms with Crippen molar-refractivity contribution in [2.75, 3.05) is 32.4 Å². The topological polar surface area (TPSA) is 104 Å². The first kappa shape index (κ1) is 21.4. The number of benzene rings is 1. The maximum atomic E-state index is 12.5. The zero-order valence-electron chi connectivity index (χ0n) is 16.8. The molecule has 2 aliphatic rings. The maximum absolute atomic E-state index is 12.5. The maximum Gasteiger partial charge on any atom is 0.261 e. The standard InChI is InChI=1S/C20H27N3O5S/c1-3-4-9-23-19(25)16-6-5-15(12-17(16)20(23)26)18(24)21-13-14-7-10-22(11-8-14)29(2,27)28/h5-6,12,14H,3-4,7-11,13H2,1-2H3,(H,21,24). The van der Waals surface area contributed by atoms with Crippen molar-refractivity contribution in [1.29, 1.82) is 0 Å². The van der Waals surface area contributed by atoms with E-state index in [-0.39, 0.29) is 29.2 Å². The number of carbonyl (C=O) groups is 3. The van der Waals surface area contributed by atoms with Gasteiger partial charge in [-0.2, -0.15) is 0 Å². The molecule has 2 heterocycles. The number of amides is 3. The average molecular weight is 422 g/mol. The minimum atomic E-state index is -3.17. The van der Waals surface area contributed by atoms with E-state index in [0.29, 0.717) is 50.1 Å². The van der Waals surface area contributed by atoms with Crippen LogP contribution in [0.2, 0.25) is 0 Å². The first-order valence-corrected chi connectivity index (χ1v) is 11.8. The minimum Gasteiger partial charge on any atom is -0.352 e. The van der Waals surface area contributed by atoms with Crippen LogP contribution in [0.3, 0.4) is 0 Å². The molecule has 1 aromatic carbocycles. The van der Waals surface area contributed by atoms with E-state index in [1.54, 1.807) is 12.1 Å². The summed E-state index contributed by atoms with van der Waals surface area (Å²) in [5.74, 6) is -0.742. The quantitative estimate of drug-likeness (QED) is 0.672. The molecule has 3 amide bonds. The van der Waals surface area contributed by atoms with E-state index < -0.39 is 10.0 Å². The van der Waals surface area contributed by atoms with Crippen LogP contribution in [0.15, 0.2) is 18.2 Å². The number of hydrogen-bond donors (Lipinski definition) is 1. The number of piperidine rings is 1. The van der Waals surface area contributed by atoms with Gasteiger partial charge in [0.05, 0.1) is 17.4 Å². The summed E-state index contributed by atoms with van der Waals surface area (Å²) in [6, 6.07) is 4.60. The summed E-state index contributed by atoms with van der Waals surface area (Å²) in [5.41, 5.74) is 0.965. The van der Waals surface area contributed by atoms with Gasteiger partial charge in [-0.15, -0.1) is 0 Å². The third-order valence-electron chi connectivity index (χ3n) is 5.56. The molecule has 0 atom stereocenters. The van der Waals surface area contributed by atoms with Crippen LogP contribution in [0.5, 0.6) is 0 Å². The normalized spacial score (nSPS) is 18.2. The van der Waals surface area contributed by atoms with Crippen molar-refractivity contribution in [3.05, 3.63) is 34.9 Å². The summed E-state index contributed by atoms with van der Waals surface area (Å²) in [4.78, 5) is 38.7. The number of fused-ring (bicyclic) bond motifs is 1. The molecule has 0 saturated carbocycles. The van der Waals surface area contributed by atoms with Gasteiger partial charge in [-0.05, 0) is 43.4 Å². The number of hydrogen-bond acceptors (Lipinski definition) is 5. The lowest BCUT2D eigenvalue weighted by Crippen LogP contribution is -2.41. The van der Waals surface area contributed by atoms with E-state index in [0.717, 1.165) is 12.8 Å². The number of nitrogens with one attached hydrogen (secondary N) is 1. The summed E-state index contributed by atoms with van der Waals surface area (Å²) in [7, 11) is -3.17. The highest BCUT2D eigenvalue weighted by molar-refractivity contribution is 7.88. The Hall–Kier alpha value is -2.26. The Morgan fingerprint density at radius 3 is 2.41 bits per heavy atom. The zero-order chi connectivity index (χ0) is 21.2. The van der Waals surface area contributed by atoms with Crippen LogP contribution in [-0.4, -0.2) is 67.8 Å². The average Bonchev–Trinajstić information content (AvgIpc) is 2.94. The first-order valence-electron chi connectivity index (χ1n) is 9.96. The lowest BCUT2D eigenvalue weighted by Gasteiger charge is -2.30. The Morgan fingerprint density at radius 1 is 1.14 bits per heavy atom. The van der Waals surface area contributed by atoms with Crippen molar-refractivity contribution >= 4 is 27.7 Å². The Balaban J connectivity index is 1.59. The van der Waals surface area contributed by atoms with E-state index in [2.05, 4.69) is 5.32 Å². The molecule has 1 saturated heterocycles. The SMILES string of the molecule is CCCCN1C(=O)c2ccc(C(=O)NCC3CCN(S(C)(=O)=O)CC3)cc2C1=O. The van der Waals surface area contributed by atoms with Gasteiger partial charge in [0.1, 0.15) is 0 Å². The molecule has 29 heavy (non-hydrogen) atoms. The minimum absolute atomic E-state index is 0.208. The van der Waals surface area contributed by atoms with Gasteiger partial charge in [-0.1, -0.05) is 13.3 Å². The number of unbranched alkanes of at least 4 members (excludes halogenated alkanes) is 1. The molecule has 0 spiro atoms. The van der Waals surface area contributed by atoms with Crippen molar-refractivity contribution in [2.24, 2.45) is 5.92 Å². The van der Waals surface area contributed by atoms with E-state index >= 15 is 0 Å². The van der Waals surface area contributed by atoms with Crippen LogP contribution in [0.25, 0.3) is 0 Å². The lowest BCUT2D eigenvalue weighted by molar-refractivity contribution is 0.0652. The Morgan fingerprint density at radius 2 is 1.79 bits per heavy atom. The molecule has 0 unspecified atom stereocenters. The highest BCUT2D eigenvalue weighted by Gasteiger charge is 2.35. The smallest absolute Gasteiger partial charge is 0.261 e. The van der Waals surface area contributed by atoms with Crippen LogP contribution in [0.4, 0.5) is 0 Å². The van der Waals surface area contributed by atoms with Gasteiger partial charge in [0.25, 0.3) is 17.7 Å². The number of sulfonamides is 1. The first-order chi connectivity index (χ1) is 13.7. The predicted molar refractivity (Wildman–Crippen MR) is 108 cm³/mol.